The number of thiazole rings is 1. The second-order valence-electron chi connectivity index (χ2n) is 8.89. The number of nitrogens with one attached hydrogen (secondary N) is 2. The Morgan fingerprint density at radius 3 is 2.88 bits per heavy atom. The first-order chi connectivity index (χ1) is 15.6. The molecule has 0 saturated carbocycles. The molecule has 0 unspecified atom stereocenters. The third-order valence-corrected chi connectivity index (χ3v) is 7.45. The first-order valence-electron chi connectivity index (χ1n) is 11.8. The van der Waals surface area contributed by atoms with Crippen LogP contribution in [0.15, 0.2) is 36.7 Å². The highest BCUT2D eigenvalue weighted by atomic mass is 32.1. The van der Waals surface area contributed by atoms with Gasteiger partial charge in [0.05, 0.1) is 11.2 Å². The first-order valence-corrected chi connectivity index (χ1v) is 12.7. The molecule has 1 saturated heterocycles. The summed E-state index contributed by atoms with van der Waals surface area (Å²) in [5, 5.41) is 5.59. The van der Waals surface area contributed by atoms with Gasteiger partial charge in [0.25, 0.3) is 5.91 Å². The Kier molecular flexibility index (Phi) is 7.95. The number of para-hydroxylation sites is 1. The van der Waals surface area contributed by atoms with E-state index in [1.54, 1.807) is 17.5 Å². The topological polar surface area (TPSA) is 64.3 Å². The van der Waals surface area contributed by atoms with Crippen molar-refractivity contribution in [1.82, 2.24) is 25.1 Å². The Balaban J connectivity index is 1.34. The summed E-state index contributed by atoms with van der Waals surface area (Å²) >= 11 is 1.54. The summed E-state index contributed by atoms with van der Waals surface area (Å²) in [4.78, 5) is 26.5. The maximum Gasteiger partial charge on any atom is 0.263 e. The zero-order valence-corrected chi connectivity index (χ0v) is 20.1. The number of nitrogens with zero attached hydrogens (tertiary/aromatic N) is 3. The number of hydrogen-bond donors (Lipinski definition) is 2. The summed E-state index contributed by atoms with van der Waals surface area (Å²) in [6.07, 6.45) is 8.79. The van der Waals surface area contributed by atoms with Crippen LogP contribution in [0.25, 0.3) is 10.9 Å². The van der Waals surface area contributed by atoms with Crippen LogP contribution in [0, 0.1) is 0 Å². The predicted octanol–water partition coefficient (Wildman–Crippen LogP) is 3.95. The largest absolute Gasteiger partial charge is 0.361 e. The maximum atomic E-state index is 13.0. The van der Waals surface area contributed by atoms with Crippen molar-refractivity contribution in [1.29, 1.82) is 0 Å². The average Bonchev–Trinajstić information content (AvgIpc) is 3.45. The summed E-state index contributed by atoms with van der Waals surface area (Å²) in [6.45, 7) is 7.69. The SMILES string of the molecule is CCCC[C@@H](Cc1c[nH]c2ccccc12)NC(=O)c1cnc(CCN2CCN(C)CC2)s1. The number of fused-ring (bicyclic) bond motifs is 1. The van der Waals surface area contributed by atoms with Crippen LogP contribution in [0.2, 0.25) is 0 Å². The molecule has 4 rings (SSSR count). The van der Waals surface area contributed by atoms with E-state index in [0.29, 0.717) is 0 Å². The highest BCUT2D eigenvalue weighted by Gasteiger charge is 2.19. The van der Waals surface area contributed by atoms with Crippen LogP contribution < -0.4 is 5.32 Å². The Hall–Kier alpha value is -2.22. The van der Waals surface area contributed by atoms with E-state index in [-0.39, 0.29) is 11.9 Å². The summed E-state index contributed by atoms with van der Waals surface area (Å²) in [7, 11) is 2.18. The Bertz CT molecular complexity index is 1000. The third kappa shape index (κ3) is 5.97. The first kappa shape index (κ1) is 23.0. The second kappa shape index (κ2) is 11.1. The Morgan fingerprint density at radius 1 is 1.25 bits per heavy atom. The van der Waals surface area contributed by atoms with E-state index in [1.807, 2.05) is 6.07 Å². The molecule has 7 heteroatoms. The van der Waals surface area contributed by atoms with E-state index in [2.05, 4.69) is 63.5 Å². The maximum absolute atomic E-state index is 13.0. The molecule has 1 aliphatic rings. The van der Waals surface area contributed by atoms with Crippen molar-refractivity contribution in [3.63, 3.8) is 0 Å². The van der Waals surface area contributed by atoms with Gasteiger partial charge in [-0.25, -0.2) is 4.98 Å². The molecule has 6 nitrogen and oxygen atoms in total. The summed E-state index contributed by atoms with van der Waals surface area (Å²) in [5.41, 5.74) is 2.41. The number of carbonyl (C=O) groups is 1. The minimum atomic E-state index is 0.00860. The number of unbranched alkanes of at least 4 members (excludes halogenated alkanes) is 1. The quantitative estimate of drug-likeness (QED) is 0.488. The molecule has 1 fully saturated rings. The number of rotatable bonds is 10. The van der Waals surface area contributed by atoms with E-state index < -0.39 is 0 Å². The Labute approximate surface area is 195 Å². The number of H-pyrrole nitrogens is 1. The van der Waals surface area contributed by atoms with Gasteiger partial charge in [-0.2, -0.15) is 0 Å². The molecule has 1 amide bonds. The predicted molar refractivity (Wildman–Crippen MR) is 133 cm³/mol. The lowest BCUT2D eigenvalue weighted by atomic mass is 10.0. The van der Waals surface area contributed by atoms with Gasteiger partial charge < -0.3 is 20.1 Å². The van der Waals surface area contributed by atoms with Gasteiger partial charge in [0.1, 0.15) is 4.88 Å². The highest BCUT2D eigenvalue weighted by Crippen LogP contribution is 2.21. The van der Waals surface area contributed by atoms with Crippen LogP contribution >= 0.6 is 11.3 Å². The zero-order valence-electron chi connectivity index (χ0n) is 19.3. The molecule has 0 radical (unpaired) electrons. The summed E-state index contributed by atoms with van der Waals surface area (Å²) in [5.74, 6) is 0.00860. The van der Waals surface area contributed by atoms with Crippen LogP contribution in [0.1, 0.15) is 46.4 Å². The fraction of sp³-hybridized carbons (Fsp3) is 0.520. The monoisotopic (exact) mass is 453 g/mol. The molecule has 3 heterocycles. The molecule has 0 bridgehead atoms. The van der Waals surface area contributed by atoms with E-state index in [9.17, 15) is 4.79 Å². The number of aromatic amines is 1. The van der Waals surface area contributed by atoms with Crippen molar-refractivity contribution in [2.24, 2.45) is 0 Å². The van der Waals surface area contributed by atoms with Crippen LogP contribution in [-0.4, -0.2) is 71.5 Å². The fourth-order valence-electron chi connectivity index (χ4n) is 4.35. The van der Waals surface area contributed by atoms with E-state index >= 15 is 0 Å². The van der Waals surface area contributed by atoms with E-state index in [4.69, 9.17) is 0 Å². The molecule has 0 aliphatic carbocycles. The molecule has 2 N–H and O–H groups in total. The molecule has 0 spiro atoms. The number of likely N-dealkylation sites (N-methyl/N-ethyl adjacent to an activating group) is 1. The average molecular weight is 454 g/mol. The van der Waals surface area contributed by atoms with Gasteiger partial charge in [0, 0.05) is 62.3 Å². The number of aromatic nitrogens is 2. The van der Waals surface area contributed by atoms with E-state index in [1.165, 1.54) is 10.9 Å². The van der Waals surface area contributed by atoms with Gasteiger partial charge in [-0.1, -0.05) is 38.0 Å². The van der Waals surface area contributed by atoms with Gasteiger partial charge in [0.15, 0.2) is 0 Å². The van der Waals surface area contributed by atoms with Crippen LogP contribution in [0.5, 0.6) is 0 Å². The minimum absolute atomic E-state index is 0.00860. The number of benzene rings is 1. The molecule has 1 atom stereocenters. The summed E-state index contributed by atoms with van der Waals surface area (Å²) < 4.78 is 0. The normalized spacial score (nSPS) is 16.4. The molecule has 32 heavy (non-hydrogen) atoms. The molecule has 3 aromatic rings. The lowest BCUT2D eigenvalue weighted by molar-refractivity contribution is 0.0938. The molecule has 172 valence electrons. The lowest BCUT2D eigenvalue weighted by Crippen LogP contribution is -2.45. The second-order valence-corrected chi connectivity index (χ2v) is 10.0. The van der Waals surface area contributed by atoms with Crippen molar-refractivity contribution < 1.29 is 4.79 Å². The molecule has 1 aromatic carbocycles. The fourth-order valence-corrected chi connectivity index (χ4v) is 5.16. The lowest BCUT2D eigenvalue weighted by Gasteiger charge is -2.32. The number of piperazine rings is 1. The van der Waals surface area contributed by atoms with E-state index in [0.717, 1.165) is 80.2 Å². The van der Waals surface area contributed by atoms with Gasteiger partial charge >= 0.3 is 0 Å². The third-order valence-electron chi connectivity index (χ3n) is 6.40. The van der Waals surface area contributed by atoms with Crippen molar-refractivity contribution in [3.05, 3.63) is 52.1 Å². The molecular weight excluding hydrogens is 418 g/mol. The number of carbonyl (C=O) groups excluding carboxylic acids is 1. The zero-order chi connectivity index (χ0) is 22.3. The van der Waals surface area contributed by atoms with Crippen LogP contribution in [0.3, 0.4) is 0 Å². The number of hydrogen-bond acceptors (Lipinski definition) is 5. The van der Waals surface area contributed by atoms with Gasteiger partial charge in [0.2, 0.25) is 0 Å². The van der Waals surface area contributed by atoms with Crippen molar-refractivity contribution in [3.8, 4) is 0 Å². The summed E-state index contributed by atoms with van der Waals surface area (Å²) in [6, 6.07) is 8.48. The van der Waals surface area contributed by atoms with Gasteiger partial charge in [-0.15, -0.1) is 11.3 Å². The Morgan fingerprint density at radius 2 is 2.06 bits per heavy atom. The smallest absolute Gasteiger partial charge is 0.263 e. The van der Waals surface area contributed by atoms with Gasteiger partial charge in [-0.05, 0) is 31.5 Å². The van der Waals surface area contributed by atoms with Crippen molar-refractivity contribution in [2.75, 3.05) is 39.8 Å². The molecular formula is C25H35N5OS. The highest BCUT2D eigenvalue weighted by molar-refractivity contribution is 7.13. The molecule has 1 aliphatic heterocycles. The van der Waals surface area contributed by atoms with Crippen molar-refractivity contribution >= 4 is 28.1 Å². The van der Waals surface area contributed by atoms with Crippen molar-refractivity contribution in [2.45, 2.75) is 45.1 Å². The van der Waals surface area contributed by atoms with Crippen LogP contribution in [0.4, 0.5) is 0 Å². The minimum Gasteiger partial charge on any atom is -0.361 e. The van der Waals surface area contributed by atoms with Crippen LogP contribution in [-0.2, 0) is 12.8 Å². The standard InChI is InChI=1S/C25H35N5OS/c1-3-4-7-20(16-19-17-26-22-9-6-5-8-21(19)22)28-25(31)23-18-27-24(32-23)10-11-30-14-12-29(2)13-15-30/h5-6,8-9,17-18,20,26H,3-4,7,10-16H2,1-2H3,(H,28,31)/t20-/m0/s1. The number of amides is 1. The molecule has 2 aromatic heterocycles. The van der Waals surface area contributed by atoms with Gasteiger partial charge in [-0.3, -0.25) is 4.79 Å².